The van der Waals surface area contributed by atoms with Crippen LogP contribution in [0.1, 0.15) is 25.0 Å². The number of rotatable bonds is 6. The molecule has 110 valence electrons. The number of hydrogen-bond donors (Lipinski definition) is 3. The summed E-state index contributed by atoms with van der Waals surface area (Å²) in [6, 6.07) is 4.68. The quantitative estimate of drug-likeness (QED) is 0.698. The number of aliphatic hydroxyl groups excluding tert-OH is 1. The van der Waals surface area contributed by atoms with E-state index in [1.165, 1.54) is 0 Å². The Kier molecular flexibility index (Phi) is 6.78. The van der Waals surface area contributed by atoms with Gasteiger partial charge < -0.3 is 15.7 Å². The number of aliphatic hydroxyl groups is 1. The van der Waals surface area contributed by atoms with E-state index in [4.69, 9.17) is 23.2 Å². The van der Waals surface area contributed by atoms with E-state index in [0.29, 0.717) is 22.2 Å². The van der Waals surface area contributed by atoms with Gasteiger partial charge in [0.25, 0.3) is 0 Å². The van der Waals surface area contributed by atoms with Crippen molar-refractivity contribution in [3.63, 3.8) is 0 Å². The van der Waals surface area contributed by atoms with Crippen LogP contribution in [-0.2, 0) is 9.59 Å². The minimum Gasteiger partial charge on any atom is -0.387 e. The van der Waals surface area contributed by atoms with Gasteiger partial charge in [-0.15, -0.1) is 0 Å². The van der Waals surface area contributed by atoms with Crippen molar-refractivity contribution in [3.8, 4) is 0 Å². The first kappa shape index (κ1) is 16.8. The topological polar surface area (TPSA) is 78.4 Å². The summed E-state index contributed by atoms with van der Waals surface area (Å²) in [6.07, 6.45) is -1.21. The molecule has 0 aromatic heterocycles. The van der Waals surface area contributed by atoms with Crippen molar-refractivity contribution in [3.05, 3.63) is 33.8 Å². The normalized spacial score (nSPS) is 11.8. The molecule has 1 rings (SSSR count). The van der Waals surface area contributed by atoms with E-state index < -0.39 is 12.0 Å². The highest BCUT2D eigenvalue weighted by Gasteiger charge is 2.13. The van der Waals surface area contributed by atoms with Crippen molar-refractivity contribution < 1.29 is 14.7 Å². The van der Waals surface area contributed by atoms with Crippen molar-refractivity contribution >= 4 is 35.0 Å². The highest BCUT2D eigenvalue weighted by Crippen LogP contribution is 2.23. The van der Waals surface area contributed by atoms with Gasteiger partial charge in [0, 0.05) is 23.1 Å². The SMILES string of the molecule is CCNC(=O)CC(=O)NCC(O)c1cc(Cl)cc(Cl)c1. The summed E-state index contributed by atoms with van der Waals surface area (Å²) < 4.78 is 0. The first-order chi connectivity index (χ1) is 9.42. The molecule has 7 heteroatoms. The molecule has 1 unspecified atom stereocenters. The van der Waals surface area contributed by atoms with Gasteiger partial charge in [0.1, 0.15) is 6.42 Å². The van der Waals surface area contributed by atoms with E-state index >= 15 is 0 Å². The van der Waals surface area contributed by atoms with Gasteiger partial charge in [-0.3, -0.25) is 9.59 Å². The summed E-state index contributed by atoms with van der Waals surface area (Å²) in [7, 11) is 0. The maximum Gasteiger partial charge on any atom is 0.229 e. The molecule has 0 saturated carbocycles. The van der Waals surface area contributed by atoms with E-state index in [9.17, 15) is 14.7 Å². The van der Waals surface area contributed by atoms with Crippen molar-refractivity contribution in [2.45, 2.75) is 19.4 Å². The second-order valence-electron chi connectivity index (χ2n) is 4.15. The summed E-state index contributed by atoms with van der Waals surface area (Å²) in [6.45, 7) is 2.22. The first-order valence-corrected chi connectivity index (χ1v) is 6.85. The highest BCUT2D eigenvalue weighted by atomic mass is 35.5. The molecule has 0 aliphatic carbocycles. The Labute approximate surface area is 127 Å². The number of hydrogen-bond acceptors (Lipinski definition) is 3. The van der Waals surface area contributed by atoms with Crippen LogP contribution >= 0.6 is 23.2 Å². The minimum atomic E-state index is -0.940. The Balaban J connectivity index is 2.48. The lowest BCUT2D eigenvalue weighted by molar-refractivity contribution is -0.129. The van der Waals surface area contributed by atoms with Gasteiger partial charge >= 0.3 is 0 Å². The van der Waals surface area contributed by atoms with Crippen molar-refractivity contribution in [1.82, 2.24) is 10.6 Å². The fourth-order valence-electron chi connectivity index (χ4n) is 1.56. The molecule has 0 fully saturated rings. The zero-order chi connectivity index (χ0) is 15.1. The lowest BCUT2D eigenvalue weighted by atomic mass is 10.1. The molecule has 0 saturated heterocycles. The Morgan fingerprint density at radius 3 is 2.25 bits per heavy atom. The molecule has 3 N–H and O–H groups in total. The Morgan fingerprint density at radius 2 is 1.70 bits per heavy atom. The summed E-state index contributed by atoms with van der Waals surface area (Å²) in [5.74, 6) is -0.812. The third-order valence-corrected chi connectivity index (χ3v) is 2.89. The van der Waals surface area contributed by atoms with E-state index in [0.717, 1.165) is 0 Å². The minimum absolute atomic E-state index is 0.0189. The smallest absolute Gasteiger partial charge is 0.229 e. The third-order valence-electron chi connectivity index (χ3n) is 2.46. The first-order valence-electron chi connectivity index (χ1n) is 6.09. The number of benzene rings is 1. The van der Waals surface area contributed by atoms with Gasteiger partial charge in [0.15, 0.2) is 0 Å². The van der Waals surface area contributed by atoms with Gasteiger partial charge in [-0.25, -0.2) is 0 Å². The fourth-order valence-corrected chi connectivity index (χ4v) is 2.11. The number of carbonyl (C=O) groups is 2. The van der Waals surface area contributed by atoms with Gasteiger partial charge in [-0.1, -0.05) is 23.2 Å². The van der Waals surface area contributed by atoms with Gasteiger partial charge in [-0.05, 0) is 30.7 Å². The van der Waals surface area contributed by atoms with Crippen LogP contribution in [0.15, 0.2) is 18.2 Å². The van der Waals surface area contributed by atoms with E-state index in [1.54, 1.807) is 25.1 Å². The molecule has 0 radical (unpaired) electrons. The monoisotopic (exact) mass is 318 g/mol. The zero-order valence-corrected chi connectivity index (χ0v) is 12.5. The van der Waals surface area contributed by atoms with Crippen LogP contribution in [0.3, 0.4) is 0 Å². The van der Waals surface area contributed by atoms with E-state index in [1.807, 2.05) is 0 Å². The molecule has 0 aliphatic rings. The molecule has 2 amide bonds. The lowest BCUT2D eigenvalue weighted by Gasteiger charge is -2.13. The average Bonchev–Trinajstić information content (AvgIpc) is 2.35. The second kappa shape index (κ2) is 8.09. The summed E-state index contributed by atoms with van der Waals surface area (Å²) >= 11 is 11.6. The maximum atomic E-state index is 11.5. The standard InChI is InChI=1S/C13H16Cl2N2O3/c1-2-16-12(19)6-13(20)17-7-11(18)8-3-9(14)5-10(15)4-8/h3-5,11,18H,2,6-7H2,1H3,(H,16,19)(H,17,20). The number of amides is 2. The molecule has 5 nitrogen and oxygen atoms in total. The summed E-state index contributed by atoms with van der Waals surface area (Å²) in [4.78, 5) is 22.7. The highest BCUT2D eigenvalue weighted by molar-refractivity contribution is 6.34. The molecule has 1 aromatic rings. The molecule has 0 bridgehead atoms. The Morgan fingerprint density at radius 1 is 1.15 bits per heavy atom. The molecule has 1 aromatic carbocycles. The number of carbonyl (C=O) groups excluding carboxylic acids is 2. The summed E-state index contributed by atoms with van der Waals surface area (Å²) in [5, 5.41) is 15.7. The third kappa shape index (κ3) is 5.77. The molecular formula is C13H16Cl2N2O3. The van der Waals surface area contributed by atoms with Crippen LogP contribution < -0.4 is 10.6 Å². The van der Waals surface area contributed by atoms with E-state index in [2.05, 4.69) is 10.6 Å². The van der Waals surface area contributed by atoms with Crippen LogP contribution in [-0.4, -0.2) is 30.0 Å². The molecule has 0 heterocycles. The van der Waals surface area contributed by atoms with E-state index in [-0.39, 0.29) is 18.9 Å². The van der Waals surface area contributed by atoms with Crippen molar-refractivity contribution in [1.29, 1.82) is 0 Å². The van der Waals surface area contributed by atoms with Crippen molar-refractivity contribution in [2.75, 3.05) is 13.1 Å². The number of halogens is 2. The molecule has 0 aliphatic heterocycles. The van der Waals surface area contributed by atoms with Gasteiger partial charge in [0.05, 0.1) is 6.10 Å². The van der Waals surface area contributed by atoms with Gasteiger partial charge in [0.2, 0.25) is 11.8 Å². The average molecular weight is 319 g/mol. The maximum absolute atomic E-state index is 11.5. The fraction of sp³-hybridized carbons (Fsp3) is 0.385. The van der Waals surface area contributed by atoms with Crippen LogP contribution in [0, 0.1) is 0 Å². The predicted molar refractivity (Wildman–Crippen MR) is 77.7 cm³/mol. The second-order valence-corrected chi connectivity index (χ2v) is 5.03. The molecule has 0 spiro atoms. The summed E-state index contributed by atoms with van der Waals surface area (Å²) in [5.41, 5.74) is 0.501. The van der Waals surface area contributed by atoms with Crippen LogP contribution in [0.2, 0.25) is 10.0 Å². The van der Waals surface area contributed by atoms with Gasteiger partial charge in [-0.2, -0.15) is 0 Å². The van der Waals surface area contributed by atoms with Crippen molar-refractivity contribution in [2.24, 2.45) is 0 Å². The zero-order valence-electron chi connectivity index (χ0n) is 11.0. The number of nitrogens with one attached hydrogen (secondary N) is 2. The van der Waals surface area contributed by atoms with Crippen LogP contribution in [0.5, 0.6) is 0 Å². The lowest BCUT2D eigenvalue weighted by Crippen LogP contribution is -2.33. The Bertz CT molecular complexity index is 474. The molecular weight excluding hydrogens is 303 g/mol. The molecule has 1 atom stereocenters. The largest absolute Gasteiger partial charge is 0.387 e. The van der Waals surface area contributed by atoms with Crippen LogP contribution in [0.4, 0.5) is 0 Å². The molecule has 20 heavy (non-hydrogen) atoms. The predicted octanol–water partition coefficient (Wildman–Crippen LogP) is 1.67. The van der Waals surface area contributed by atoms with Crippen LogP contribution in [0.25, 0.3) is 0 Å². The Hall–Kier alpha value is -1.30.